The van der Waals surface area contributed by atoms with Gasteiger partial charge in [-0.2, -0.15) is 0 Å². The van der Waals surface area contributed by atoms with Crippen LogP contribution in [0.25, 0.3) is 11.3 Å². The van der Waals surface area contributed by atoms with Crippen LogP contribution >= 0.6 is 0 Å². The fraction of sp³-hybridized carbons (Fsp3) is 0.480. The van der Waals surface area contributed by atoms with Crippen LogP contribution in [0.4, 0.5) is 16.0 Å². The SMILES string of the molecule is CCc1c(N)ncnc1N1CCC(c2nc(-c3ccc(F)c(C)c3)cn2CCN(C)C)CC1. The molecule has 3 aromatic rings. The zero-order valence-electron chi connectivity index (χ0n) is 20.1. The van der Waals surface area contributed by atoms with Crippen LogP contribution in [0.5, 0.6) is 0 Å². The van der Waals surface area contributed by atoms with Gasteiger partial charge in [-0.3, -0.25) is 0 Å². The van der Waals surface area contributed by atoms with Crippen LogP contribution in [0.15, 0.2) is 30.7 Å². The number of nitrogens with two attached hydrogens (primary N) is 1. The van der Waals surface area contributed by atoms with Crippen LogP contribution < -0.4 is 10.6 Å². The number of imidazole rings is 1. The average Bonchev–Trinajstić information content (AvgIpc) is 3.23. The van der Waals surface area contributed by atoms with Crippen molar-refractivity contribution >= 4 is 11.6 Å². The van der Waals surface area contributed by atoms with E-state index in [0.29, 0.717) is 17.3 Å². The molecule has 1 aliphatic rings. The molecule has 0 amide bonds. The van der Waals surface area contributed by atoms with E-state index in [0.717, 1.165) is 73.9 Å². The highest BCUT2D eigenvalue weighted by molar-refractivity contribution is 5.60. The summed E-state index contributed by atoms with van der Waals surface area (Å²) in [6.45, 7) is 7.50. The lowest BCUT2D eigenvalue weighted by Crippen LogP contribution is -2.35. The summed E-state index contributed by atoms with van der Waals surface area (Å²) >= 11 is 0. The minimum absolute atomic E-state index is 0.185. The largest absolute Gasteiger partial charge is 0.383 e. The first-order valence-corrected chi connectivity index (χ1v) is 11.7. The maximum atomic E-state index is 13.8. The molecule has 0 saturated carbocycles. The van der Waals surface area contributed by atoms with Gasteiger partial charge in [-0.1, -0.05) is 6.92 Å². The van der Waals surface area contributed by atoms with E-state index in [2.05, 4.69) is 51.6 Å². The first kappa shape index (κ1) is 23.2. The summed E-state index contributed by atoms with van der Waals surface area (Å²) in [5, 5.41) is 0. The van der Waals surface area contributed by atoms with Crippen molar-refractivity contribution in [2.75, 3.05) is 44.4 Å². The number of aryl methyl sites for hydroxylation is 1. The molecule has 0 aliphatic carbocycles. The number of hydrogen-bond acceptors (Lipinski definition) is 6. The van der Waals surface area contributed by atoms with Crippen molar-refractivity contribution in [1.82, 2.24) is 24.4 Å². The van der Waals surface area contributed by atoms with Gasteiger partial charge in [0.2, 0.25) is 0 Å². The molecule has 2 aromatic heterocycles. The molecule has 0 atom stereocenters. The van der Waals surface area contributed by atoms with E-state index in [1.807, 2.05) is 12.1 Å². The zero-order valence-corrected chi connectivity index (χ0v) is 20.1. The summed E-state index contributed by atoms with van der Waals surface area (Å²) in [6, 6.07) is 5.23. The first-order valence-electron chi connectivity index (χ1n) is 11.7. The standard InChI is InChI=1S/C25H34FN7/c1-5-20-23(27)28-16-29-25(20)32-10-8-18(9-11-32)24-30-22(15-33(24)13-12-31(3)4)19-6-7-21(26)17(2)14-19/h6-7,14-16,18H,5,8-13H2,1-4H3,(H2,27,28,29). The van der Waals surface area contributed by atoms with Crippen LogP contribution in [-0.2, 0) is 13.0 Å². The van der Waals surface area contributed by atoms with E-state index in [4.69, 9.17) is 10.7 Å². The van der Waals surface area contributed by atoms with Gasteiger partial charge in [-0.15, -0.1) is 0 Å². The Morgan fingerprint density at radius 1 is 1.18 bits per heavy atom. The molecule has 0 radical (unpaired) electrons. The van der Waals surface area contributed by atoms with Crippen molar-refractivity contribution in [3.05, 3.63) is 53.5 Å². The van der Waals surface area contributed by atoms with E-state index in [-0.39, 0.29) is 5.82 Å². The second kappa shape index (κ2) is 9.87. The summed E-state index contributed by atoms with van der Waals surface area (Å²) in [7, 11) is 4.16. The van der Waals surface area contributed by atoms with E-state index in [9.17, 15) is 4.39 Å². The van der Waals surface area contributed by atoms with E-state index < -0.39 is 0 Å². The van der Waals surface area contributed by atoms with Crippen LogP contribution in [0, 0.1) is 12.7 Å². The molecule has 33 heavy (non-hydrogen) atoms. The van der Waals surface area contributed by atoms with E-state index in [1.54, 1.807) is 13.3 Å². The van der Waals surface area contributed by atoms with Gasteiger partial charge in [0.25, 0.3) is 0 Å². The number of rotatable bonds is 7. The number of nitrogens with zero attached hydrogens (tertiary/aromatic N) is 6. The normalized spacial score (nSPS) is 14.9. The molecule has 2 N–H and O–H groups in total. The monoisotopic (exact) mass is 451 g/mol. The summed E-state index contributed by atoms with van der Waals surface area (Å²) in [5.41, 5.74) is 9.63. The number of piperidine rings is 1. The molecule has 1 aromatic carbocycles. The molecule has 1 aliphatic heterocycles. The molecule has 176 valence electrons. The Kier molecular flexibility index (Phi) is 6.93. The van der Waals surface area contributed by atoms with Crippen LogP contribution in [0.2, 0.25) is 0 Å². The Labute approximate surface area is 195 Å². The summed E-state index contributed by atoms with van der Waals surface area (Å²) in [6.07, 6.45) is 6.48. The van der Waals surface area contributed by atoms with E-state index >= 15 is 0 Å². The molecular weight excluding hydrogens is 417 g/mol. The maximum Gasteiger partial charge on any atom is 0.137 e. The fourth-order valence-corrected chi connectivity index (χ4v) is 4.56. The quantitative estimate of drug-likeness (QED) is 0.588. The van der Waals surface area contributed by atoms with Crippen molar-refractivity contribution in [1.29, 1.82) is 0 Å². The third kappa shape index (κ3) is 5.00. The molecular formula is C25H34FN7. The minimum atomic E-state index is -0.185. The van der Waals surface area contributed by atoms with Gasteiger partial charge < -0.3 is 20.1 Å². The third-order valence-electron chi connectivity index (χ3n) is 6.52. The summed E-state index contributed by atoms with van der Waals surface area (Å²) in [4.78, 5) is 18.3. The van der Waals surface area contributed by atoms with Crippen LogP contribution in [-0.4, -0.2) is 58.1 Å². The highest BCUT2D eigenvalue weighted by atomic mass is 19.1. The lowest BCUT2D eigenvalue weighted by atomic mass is 9.95. The molecule has 7 nitrogen and oxygen atoms in total. The Morgan fingerprint density at radius 2 is 1.94 bits per heavy atom. The number of anilines is 2. The van der Waals surface area contributed by atoms with Gasteiger partial charge >= 0.3 is 0 Å². The number of halogens is 1. The van der Waals surface area contributed by atoms with Gasteiger partial charge in [0.15, 0.2) is 0 Å². The molecule has 8 heteroatoms. The van der Waals surface area contributed by atoms with Crippen LogP contribution in [0.1, 0.15) is 42.6 Å². The number of nitrogen functional groups attached to an aromatic ring is 1. The highest BCUT2D eigenvalue weighted by Gasteiger charge is 2.27. The third-order valence-corrected chi connectivity index (χ3v) is 6.52. The fourth-order valence-electron chi connectivity index (χ4n) is 4.56. The lowest BCUT2D eigenvalue weighted by molar-refractivity contribution is 0.372. The van der Waals surface area contributed by atoms with E-state index in [1.165, 1.54) is 6.07 Å². The Morgan fingerprint density at radius 3 is 2.61 bits per heavy atom. The second-order valence-electron chi connectivity index (χ2n) is 9.12. The van der Waals surface area contributed by atoms with Gasteiger partial charge in [0.1, 0.15) is 29.6 Å². The Balaban J connectivity index is 1.57. The predicted octanol–water partition coefficient (Wildman–Crippen LogP) is 3.88. The highest BCUT2D eigenvalue weighted by Crippen LogP contribution is 2.33. The molecule has 3 heterocycles. The first-order chi connectivity index (χ1) is 15.9. The zero-order chi connectivity index (χ0) is 23.5. The molecule has 0 bridgehead atoms. The average molecular weight is 452 g/mol. The van der Waals surface area contributed by atoms with Crippen LogP contribution in [0.3, 0.4) is 0 Å². The molecule has 1 fully saturated rings. The van der Waals surface area contributed by atoms with Gasteiger partial charge in [0.05, 0.1) is 5.69 Å². The van der Waals surface area contributed by atoms with Crippen molar-refractivity contribution in [2.45, 2.75) is 45.6 Å². The topological polar surface area (TPSA) is 76.1 Å². The number of aromatic nitrogens is 4. The summed E-state index contributed by atoms with van der Waals surface area (Å²) in [5.74, 6) is 2.83. The molecule has 1 saturated heterocycles. The van der Waals surface area contributed by atoms with Crippen molar-refractivity contribution in [2.24, 2.45) is 0 Å². The van der Waals surface area contributed by atoms with Crippen molar-refractivity contribution in [3.63, 3.8) is 0 Å². The second-order valence-corrected chi connectivity index (χ2v) is 9.12. The number of hydrogen-bond donors (Lipinski definition) is 1. The molecule has 0 unspecified atom stereocenters. The Bertz CT molecular complexity index is 1100. The summed E-state index contributed by atoms with van der Waals surface area (Å²) < 4.78 is 16.1. The maximum absolute atomic E-state index is 13.8. The smallest absolute Gasteiger partial charge is 0.137 e. The van der Waals surface area contributed by atoms with Crippen molar-refractivity contribution in [3.8, 4) is 11.3 Å². The van der Waals surface area contributed by atoms with Gasteiger partial charge in [0, 0.05) is 49.4 Å². The number of likely N-dealkylation sites (N-methyl/N-ethyl adjacent to an activating group) is 1. The van der Waals surface area contributed by atoms with Crippen molar-refractivity contribution < 1.29 is 4.39 Å². The minimum Gasteiger partial charge on any atom is -0.383 e. The Hall–Kier alpha value is -3.00. The van der Waals surface area contributed by atoms with Gasteiger partial charge in [-0.05, 0) is 64.0 Å². The molecule has 4 rings (SSSR count). The van der Waals surface area contributed by atoms with Gasteiger partial charge in [-0.25, -0.2) is 19.3 Å². The number of benzene rings is 1. The lowest BCUT2D eigenvalue weighted by Gasteiger charge is -2.33. The predicted molar refractivity (Wildman–Crippen MR) is 131 cm³/mol. The molecule has 0 spiro atoms.